The molecule has 0 heterocycles. The summed E-state index contributed by atoms with van der Waals surface area (Å²) in [5, 5.41) is 0.657. The molecule has 21 heavy (non-hydrogen) atoms. The molecule has 0 amide bonds. The summed E-state index contributed by atoms with van der Waals surface area (Å²) in [5.74, 6) is 1.08. The monoisotopic (exact) mass is 306 g/mol. The van der Waals surface area contributed by atoms with Crippen LogP contribution in [0.15, 0.2) is 48.5 Å². The number of ether oxygens (including phenoxy) is 3. The molecule has 0 unspecified atom stereocenters. The van der Waals surface area contributed by atoms with Crippen LogP contribution in [-0.4, -0.2) is 19.9 Å². The largest absolute Gasteiger partial charge is 0.469 e. The van der Waals surface area contributed by atoms with Crippen molar-refractivity contribution >= 4 is 17.6 Å². The van der Waals surface area contributed by atoms with Crippen molar-refractivity contribution in [3.63, 3.8) is 0 Å². The molecule has 2 aromatic carbocycles. The molecule has 0 aliphatic carbocycles. The van der Waals surface area contributed by atoms with Gasteiger partial charge in [0.2, 0.25) is 6.79 Å². The molecule has 0 bridgehead atoms. The quantitative estimate of drug-likeness (QED) is 0.605. The summed E-state index contributed by atoms with van der Waals surface area (Å²) in [7, 11) is 1.37. The Kier molecular flexibility index (Phi) is 5.46. The molecule has 0 spiro atoms. The van der Waals surface area contributed by atoms with Crippen LogP contribution < -0.4 is 9.47 Å². The maximum Gasteiger partial charge on any atom is 0.309 e. The van der Waals surface area contributed by atoms with E-state index in [1.807, 2.05) is 12.1 Å². The van der Waals surface area contributed by atoms with Crippen molar-refractivity contribution in [1.29, 1.82) is 0 Å². The molecule has 0 aromatic heterocycles. The molecular formula is C16H15ClO4. The molecule has 4 nitrogen and oxygen atoms in total. The van der Waals surface area contributed by atoms with E-state index in [0.29, 0.717) is 16.5 Å². The molecule has 0 saturated heterocycles. The van der Waals surface area contributed by atoms with Gasteiger partial charge in [-0.2, -0.15) is 0 Å². The van der Waals surface area contributed by atoms with Gasteiger partial charge in [0.25, 0.3) is 0 Å². The van der Waals surface area contributed by atoms with E-state index in [-0.39, 0.29) is 19.2 Å². The molecular weight excluding hydrogens is 292 g/mol. The van der Waals surface area contributed by atoms with Crippen molar-refractivity contribution in [1.82, 2.24) is 0 Å². The minimum Gasteiger partial charge on any atom is -0.469 e. The molecule has 0 fully saturated rings. The van der Waals surface area contributed by atoms with Gasteiger partial charge in [0, 0.05) is 5.02 Å². The minimum absolute atomic E-state index is 0.0952. The van der Waals surface area contributed by atoms with Gasteiger partial charge in [-0.05, 0) is 42.0 Å². The zero-order valence-electron chi connectivity index (χ0n) is 11.5. The average Bonchev–Trinajstić information content (AvgIpc) is 2.51. The SMILES string of the molecule is COC(=O)Cc1ccc(OCOc2ccc(Cl)cc2)cc1. The second-order valence-corrected chi connectivity index (χ2v) is 4.69. The molecule has 110 valence electrons. The third-order valence-electron chi connectivity index (χ3n) is 2.76. The zero-order chi connectivity index (χ0) is 15.1. The standard InChI is InChI=1S/C16H15ClO4/c1-19-16(18)10-12-2-6-14(7-3-12)20-11-21-15-8-4-13(17)5-9-15/h2-9H,10-11H2,1H3. The van der Waals surface area contributed by atoms with Crippen LogP contribution in [0.4, 0.5) is 0 Å². The summed E-state index contributed by atoms with van der Waals surface area (Å²) in [4.78, 5) is 11.1. The van der Waals surface area contributed by atoms with E-state index in [9.17, 15) is 4.79 Å². The van der Waals surface area contributed by atoms with Gasteiger partial charge < -0.3 is 14.2 Å². The van der Waals surface area contributed by atoms with E-state index in [0.717, 1.165) is 5.56 Å². The third kappa shape index (κ3) is 5.00. The van der Waals surface area contributed by atoms with Gasteiger partial charge >= 0.3 is 5.97 Å². The molecule has 2 aromatic rings. The number of hydrogen-bond acceptors (Lipinski definition) is 4. The van der Waals surface area contributed by atoms with E-state index >= 15 is 0 Å². The topological polar surface area (TPSA) is 44.8 Å². The molecule has 0 atom stereocenters. The van der Waals surface area contributed by atoms with Crippen molar-refractivity contribution in [3.05, 3.63) is 59.1 Å². The van der Waals surface area contributed by atoms with Crippen LogP contribution in [-0.2, 0) is 16.0 Å². The van der Waals surface area contributed by atoms with Crippen molar-refractivity contribution in [2.45, 2.75) is 6.42 Å². The maximum atomic E-state index is 11.1. The summed E-state index contributed by atoms with van der Waals surface area (Å²) in [6.07, 6.45) is 0.248. The van der Waals surface area contributed by atoms with Gasteiger partial charge in [-0.1, -0.05) is 23.7 Å². The summed E-state index contributed by atoms with van der Waals surface area (Å²) in [6.45, 7) is 0.0952. The van der Waals surface area contributed by atoms with Crippen LogP contribution >= 0.6 is 11.6 Å². The number of rotatable bonds is 6. The van der Waals surface area contributed by atoms with Crippen molar-refractivity contribution < 1.29 is 19.0 Å². The minimum atomic E-state index is -0.269. The predicted molar refractivity (Wildman–Crippen MR) is 79.7 cm³/mol. The Morgan fingerprint density at radius 1 is 0.952 bits per heavy atom. The Morgan fingerprint density at radius 3 is 2.00 bits per heavy atom. The highest BCUT2D eigenvalue weighted by atomic mass is 35.5. The number of hydrogen-bond donors (Lipinski definition) is 0. The van der Waals surface area contributed by atoms with Crippen molar-refractivity contribution in [2.24, 2.45) is 0 Å². The van der Waals surface area contributed by atoms with Crippen molar-refractivity contribution in [3.8, 4) is 11.5 Å². The van der Waals surface area contributed by atoms with Gasteiger partial charge in [-0.25, -0.2) is 0 Å². The number of halogens is 1. The number of methoxy groups -OCH3 is 1. The summed E-state index contributed by atoms with van der Waals surface area (Å²) in [6, 6.07) is 14.2. The van der Waals surface area contributed by atoms with Gasteiger partial charge in [0.05, 0.1) is 13.5 Å². The van der Waals surface area contributed by atoms with Gasteiger partial charge in [0.15, 0.2) is 0 Å². The first-order chi connectivity index (χ1) is 10.2. The van der Waals surface area contributed by atoms with Crippen LogP contribution in [0.1, 0.15) is 5.56 Å². The second-order valence-electron chi connectivity index (χ2n) is 4.26. The summed E-state index contributed by atoms with van der Waals surface area (Å²) < 4.78 is 15.5. The Bertz CT molecular complexity index is 578. The molecule has 0 radical (unpaired) electrons. The first-order valence-electron chi connectivity index (χ1n) is 6.34. The van der Waals surface area contributed by atoms with Gasteiger partial charge in [-0.15, -0.1) is 0 Å². The number of carbonyl (C=O) groups is 1. The fraction of sp³-hybridized carbons (Fsp3) is 0.188. The number of benzene rings is 2. The van der Waals surface area contributed by atoms with Crippen LogP contribution in [0, 0.1) is 0 Å². The maximum absolute atomic E-state index is 11.1. The summed E-state index contributed by atoms with van der Waals surface area (Å²) in [5.41, 5.74) is 0.868. The molecule has 0 saturated carbocycles. The van der Waals surface area contributed by atoms with Crippen LogP contribution in [0.3, 0.4) is 0 Å². The lowest BCUT2D eigenvalue weighted by Gasteiger charge is -2.09. The van der Waals surface area contributed by atoms with E-state index < -0.39 is 0 Å². The highest BCUT2D eigenvalue weighted by molar-refractivity contribution is 6.30. The molecule has 0 aliphatic heterocycles. The van der Waals surface area contributed by atoms with E-state index in [1.54, 1.807) is 36.4 Å². The van der Waals surface area contributed by atoms with Crippen molar-refractivity contribution in [2.75, 3.05) is 13.9 Å². The third-order valence-corrected chi connectivity index (χ3v) is 3.02. The lowest BCUT2D eigenvalue weighted by molar-refractivity contribution is -0.139. The van der Waals surface area contributed by atoms with Crippen LogP contribution in [0.2, 0.25) is 5.02 Å². The van der Waals surface area contributed by atoms with Gasteiger partial charge in [0.1, 0.15) is 11.5 Å². The van der Waals surface area contributed by atoms with Crippen LogP contribution in [0.5, 0.6) is 11.5 Å². The molecule has 0 N–H and O–H groups in total. The molecule has 5 heteroatoms. The smallest absolute Gasteiger partial charge is 0.309 e. The Balaban J connectivity index is 1.80. The van der Waals surface area contributed by atoms with E-state index in [1.165, 1.54) is 7.11 Å². The zero-order valence-corrected chi connectivity index (χ0v) is 12.3. The molecule has 0 aliphatic rings. The number of esters is 1. The fourth-order valence-electron chi connectivity index (χ4n) is 1.64. The van der Waals surface area contributed by atoms with E-state index in [4.69, 9.17) is 21.1 Å². The molecule has 2 rings (SSSR count). The lowest BCUT2D eigenvalue weighted by Crippen LogP contribution is -2.06. The lowest BCUT2D eigenvalue weighted by atomic mass is 10.1. The Labute approximate surface area is 128 Å². The first kappa shape index (κ1) is 15.2. The highest BCUT2D eigenvalue weighted by Crippen LogP contribution is 2.17. The fourth-order valence-corrected chi connectivity index (χ4v) is 1.76. The Morgan fingerprint density at radius 2 is 1.48 bits per heavy atom. The predicted octanol–water partition coefficient (Wildman–Crippen LogP) is 3.47. The highest BCUT2D eigenvalue weighted by Gasteiger charge is 2.03. The summed E-state index contributed by atoms with van der Waals surface area (Å²) >= 11 is 5.78. The van der Waals surface area contributed by atoms with E-state index in [2.05, 4.69) is 4.74 Å². The van der Waals surface area contributed by atoms with Crippen LogP contribution in [0.25, 0.3) is 0 Å². The second kappa shape index (κ2) is 7.55. The number of carbonyl (C=O) groups excluding carboxylic acids is 1. The van der Waals surface area contributed by atoms with Gasteiger partial charge in [-0.3, -0.25) is 4.79 Å². The Hall–Kier alpha value is -2.20. The average molecular weight is 307 g/mol. The first-order valence-corrected chi connectivity index (χ1v) is 6.72. The normalized spacial score (nSPS) is 10.0.